The molecule has 1 aliphatic heterocycles. The quantitative estimate of drug-likeness (QED) is 0.926. The molecule has 6 heteroatoms. The van der Waals surface area contributed by atoms with E-state index >= 15 is 0 Å². The van der Waals surface area contributed by atoms with E-state index in [9.17, 15) is 9.59 Å². The summed E-state index contributed by atoms with van der Waals surface area (Å²) in [6, 6.07) is 9.35. The number of piperazine rings is 1. The first-order chi connectivity index (χ1) is 11.1. The van der Waals surface area contributed by atoms with Crippen LogP contribution < -0.4 is 5.32 Å². The van der Waals surface area contributed by atoms with Gasteiger partial charge in [0.2, 0.25) is 11.8 Å². The Morgan fingerprint density at radius 3 is 2.87 bits per heavy atom. The first kappa shape index (κ1) is 15.7. The molecule has 2 aromatic rings. The predicted molar refractivity (Wildman–Crippen MR) is 89.2 cm³/mol. The van der Waals surface area contributed by atoms with Gasteiger partial charge in [-0.2, -0.15) is 0 Å². The first-order valence-electron chi connectivity index (χ1n) is 7.65. The Hall–Kier alpha value is -2.21. The lowest BCUT2D eigenvalue weighted by Crippen LogP contribution is -2.58. The lowest BCUT2D eigenvalue weighted by atomic mass is 10.0. The van der Waals surface area contributed by atoms with Crippen LogP contribution >= 0.6 is 11.3 Å². The third-order valence-electron chi connectivity index (χ3n) is 3.92. The summed E-state index contributed by atoms with van der Waals surface area (Å²) in [5, 5.41) is 5.71. The molecule has 1 atom stereocenters. The van der Waals surface area contributed by atoms with Crippen LogP contribution in [-0.2, 0) is 22.4 Å². The number of carbonyl (C=O) groups excluding carboxylic acids is 2. The molecule has 0 radical (unpaired) electrons. The summed E-state index contributed by atoms with van der Waals surface area (Å²) in [4.78, 5) is 30.9. The smallest absolute Gasteiger partial charge is 0.243 e. The van der Waals surface area contributed by atoms with Crippen molar-refractivity contribution in [3.8, 4) is 0 Å². The SMILES string of the molecule is Cc1nc(CC(=O)N2CCNC(=O)[C@@H]2Cc2ccccc2)cs1. The number of hydrogen-bond donors (Lipinski definition) is 1. The van der Waals surface area contributed by atoms with Crippen LogP contribution in [0.5, 0.6) is 0 Å². The van der Waals surface area contributed by atoms with Gasteiger partial charge in [0.25, 0.3) is 0 Å². The molecule has 0 bridgehead atoms. The zero-order chi connectivity index (χ0) is 16.2. The fourth-order valence-corrected chi connectivity index (χ4v) is 3.41. The van der Waals surface area contributed by atoms with Crippen molar-refractivity contribution in [2.24, 2.45) is 0 Å². The number of carbonyl (C=O) groups is 2. The molecule has 0 saturated carbocycles. The molecule has 1 aromatic heterocycles. The van der Waals surface area contributed by atoms with Gasteiger partial charge in [-0.3, -0.25) is 9.59 Å². The topological polar surface area (TPSA) is 62.3 Å². The average molecular weight is 329 g/mol. The number of nitrogens with one attached hydrogen (secondary N) is 1. The molecule has 0 aliphatic carbocycles. The van der Waals surface area contributed by atoms with Crippen molar-refractivity contribution in [1.82, 2.24) is 15.2 Å². The van der Waals surface area contributed by atoms with E-state index in [1.54, 1.807) is 4.90 Å². The molecule has 1 saturated heterocycles. The normalized spacial score (nSPS) is 17.9. The van der Waals surface area contributed by atoms with Crippen molar-refractivity contribution in [2.45, 2.75) is 25.8 Å². The summed E-state index contributed by atoms with van der Waals surface area (Å²) in [7, 11) is 0. The van der Waals surface area contributed by atoms with Crippen molar-refractivity contribution >= 4 is 23.2 Å². The molecule has 1 N–H and O–H groups in total. The van der Waals surface area contributed by atoms with Gasteiger partial charge >= 0.3 is 0 Å². The van der Waals surface area contributed by atoms with Crippen molar-refractivity contribution in [1.29, 1.82) is 0 Å². The number of nitrogens with zero attached hydrogens (tertiary/aromatic N) is 2. The van der Waals surface area contributed by atoms with Crippen LogP contribution in [0.15, 0.2) is 35.7 Å². The van der Waals surface area contributed by atoms with Gasteiger partial charge in [0.05, 0.1) is 17.1 Å². The third kappa shape index (κ3) is 3.76. The molecule has 5 nitrogen and oxygen atoms in total. The Bertz CT molecular complexity index is 699. The van der Waals surface area contributed by atoms with E-state index in [0.717, 1.165) is 16.3 Å². The molecule has 3 rings (SSSR count). The number of amides is 2. The minimum Gasteiger partial charge on any atom is -0.353 e. The van der Waals surface area contributed by atoms with E-state index in [2.05, 4.69) is 10.3 Å². The highest BCUT2D eigenvalue weighted by Gasteiger charge is 2.33. The van der Waals surface area contributed by atoms with Crippen LogP contribution in [0.1, 0.15) is 16.3 Å². The first-order valence-corrected chi connectivity index (χ1v) is 8.53. The Morgan fingerprint density at radius 2 is 2.17 bits per heavy atom. The van der Waals surface area contributed by atoms with Gasteiger partial charge < -0.3 is 10.2 Å². The second kappa shape index (κ2) is 6.91. The van der Waals surface area contributed by atoms with Crippen LogP contribution in [0.3, 0.4) is 0 Å². The maximum Gasteiger partial charge on any atom is 0.243 e. The Balaban J connectivity index is 1.74. The lowest BCUT2D eigenvalue weighted by Gasteiger charge is -2.35. The van der Waals surface area contributed by atoms with Crippen molar-refractivity contribution in [3.05, 3.63) is 52.0 Å². The van der Waals surface area contributed by atoms with Gasteiger partial charge in [0.1, 0.15) is 6.04 Å². The molecule has 2 amide bonds. The number of rotatable bonds is 4. The van der Waals surface area contributed by atoms with Crippen LogP contribution in [0, 0.1) is 6.92 Å². The number of benzene rings is 1. The molecule has 0 spiro atoms. The van der Waals surface area contributed by atoms with E-state index in [1.165, 1.54) is 11.3 Å². The fraction of sp³-hybridized carbons (Fsp3) is 0.353. The molecular weight excluding hydrogens is 310 g/mol. The molecule has 1 aliphatic rings. The Labute approximate surface area is 139 Å². The average Bonchev–Trinajstić information content (AvgIpc) is 2.95. The summed E-state index contributed by atoms with van der Waals surface area (Å²) >= 11 is 1.54. The second-order valence-electron chi connectivity index (χ2n) is 5.62. The van der Waals surface area contributed by atoms with Crippen LogP contribution in [0.2, 0.25) is 0 Å². The van der Waals surface area contributed by atoms with Gasteiger partial charge in [-0.25, -0.2) is 4.98 Å². The van der Waals surface area contributed by atoms with Crippen molar-refractivity contribution in [3.63, 3.8) is 0 Å². The third-order valence-corrected chi connectivity index (χ3v) is 4.74. The monoisotopic (exact) mass is 329 g/mol. The van der Waals surface area contributed by atoms with Crippen molar-refractivity contribution in [2.75, 3.05) is 13.1 Å². The minimum atomic E-state index is -0.446. The highest BCUT2D eigenvalue weighted by Crippen LogP contribution is 2.15. The van der Waals surface area contributed by atoms with Crippen LogP contribution in [0.25, 0.3) is 0 Å². The summed E-state index contributed by atoms with van der Waals surface area (Å²) in [5.41, 5.74) is 1.83. The van der Waals surface area contributed by atoms with Gasteiger partial charge in [-0.15, -0.1) is 11.3 Å². The minimum absolute atomic E-state index is 0.0360. The lowest BCUT2D eigenvalue weighted by molar-refractivity contribution is -0.142. The second-order valence-corrected chi connectivity index (χ2v) is 6.68. The van der Waals surface area contributed by atoms with E-state index in [-0.39, 0.29) is 18.2 Å². The van der Waals surface area contributed by atoms with Gasteiger partial charge in [-0.05, 0) is 12.5 Å². The maximum atomic E-state index is 12.6. The largest absolute Gasteiger partial charge is 0.353 e. The molecular formula is C17H19N3O2S. The highest BCUT2D eigenvalue weighted by atomic mass is 32.1. The molecule has 120 valence electrons. The fourth-order valence-electron chi connectivity index (χ4n) is 2.80. The summed E-state index contributed by atoms with van der Waals surface area (Å²) in [6.45, 7) is 2.97. The van der Waals surface area contributed by atoms with E-state index in [4.69, 9.17) is 0 Å². The maximum absolute atomic E-state index is 12.6. The Kier molecular flexibility index (Phi) is 4.71. The molecule has 1 fully saturated rings. The van der Waals surface area contributed by atoms with E-state index in [0.29, 0.717) is 19.5 Å². The Morgan fingerprint density at radius 1 is 1.39 bits per heavy atom. The highest BCUT2D eigenvalue weighted by molar-refractivity contribution is 7.09. The van der Waals surface area contributed by atoms with E-state index in [1.807, 2.05) is 42.6 Å². The van der Waals surface area contributed by atoms with Gasteiger partial charge in [0, 0.05) is 24.9 Å². The predicted octanol–water partition coefficient (Wildman–Crippen LogP) is 1.56. The summed E-state index contributed by atoms with van der Waals surface area (Å²) < 4.78 is 0. The molecule has 0 unspecified atom stereocenters. The summed E-state index contributed by atoms with van der Waals surface area (Å²) in [6.07, 6.45) is 0.789. The summed E-state index contributed by atoms with van der Waals surface area (Å²) in [5.74, 6) is -0.117. The number of aryl methyl sites for hydroxylation is 1. The van der Waals surface area contributed by atoms with Crippen molar-refractivity contribution < 1.29 is 9.59 Å². The van der Waals surface area contributed by atoms with Gasteiger partial charge in [0.15, 0.2) is 0 Å². The zero-order valence-corrected chi connectivity index (χ0v) is 13.8. The molecule has 2 heterocycles. The molecule has 23 heavy (non-hydrogen) atoms. The van der Waals surface area contributed by atoms with Crippen LogP contribution in [0.4, 0.5) is 0 Å². The van der Waals surface area contributed by atoms with E-state index < -0.39 is 6.04 Å². The number of aromatic nitrogens is 1. The van der Waals surface area contributed by atoms with Gasteiger partial charge in [-0.1, -0.05) is 30.3 Å². The number of thiazole rings is 1. The van der Waals surface area contributed by atoms with Crippen LogP contribution in [-0.4, -0.2) is 40.8 Å². The number of hydrogen-bond acceptors (Lipinski definition) is 4. The molecule has 1 aromatic carbocycles. The standard InChI is InChI=1S/C17H19N3O2S/c1-12-19-14(11-23-12)10-16(21)20-8-7-18-17(22)15(20)9-13-5-3-2-4-6-13/h2-6,11,15H,7-10H2,1H3,(H,18,22)/t15-/m0/s1. The zero-order valence-electron chi connectivity index (χ0n) is 13.0.